The Kier molecular flexibility index (Phi) is 3.23. The largest absolute Gasteiger partial charge is 0.418 e. The molecule has 0 aliphatic rings. The first-order valence-corrected chi connectivity index (χ1v) is 5.15. The molecule has 0 aliphatic carbocycles. The van der Waals surface area contributed by atoms with Crippen molar-refractivity contribution in [2.24, 2.45) is 0 Å². The Morgan fingerprint density at radius 3 is 2.28 bits per heavy atom. The SMILES string of the molecule is Fc1cccc(Nc2ccccc2C(F)(F)F)c1. The van der Waals surface area contributed by atoms with E-state index in [0.29, 0.717) is 0 Å². The van der Waals surface area contributed by atoms with Gasteiger partial charge in [0.05, 0.1) is 11.3 Å². The summed E-state index contributed by atoms with van der Waals surface area (Å²) in [5.41, 5.74) is -0.614. The lowest BCUT2D eigenvalue weighted by atomic mass is 10.1. The van der Waals surface area contributed by atoms with Crippen molar-refractivity contribution in [3.8, 4) is 0 Å². The number of hydrogen-bond acceptors (Lipinski definition) is 1. The van der Waals surface area contributed by atoms with Gasteiger partial charge in [0.1, 0.15) is 5.82 Å². The average molecular weight is 255 g/mol. The summed E-state index contributed by atoms with van der Waals surface area (Å²) in [5, 5.41) is 2.56. The van der Waals surface area contributed by atoms with Gasteiger partial charge in [-0.25, -0.2) is 4.39 Å². The maximum atomic E-state index is 12.9. The highest BCUT2D eigenvalue weighted by molar-refractivity contribution is 5.63. The van der Waals surface area contributed by atoms with Crippen LogP contribution in [0.1, 0.15) is 5.56 Å². The maximum Gasteiger partial charge on any atom is 0.418 e. The van der Waals surface area contributed by atoms with E-state index in [0.717, 1.165) is 12.1 Å². The molecule has 0 amide bonds. The smallest absolute Gasteiger partial charge is 0.355 e. The molecule has 2 rings (SSSR count). The Hall–Kier alpha value is -2.04. The summed E-state index contributed by atoms with van der Waals surface area (Å²) < 4.78 is 51.1. The number of anilines is 2. The van der Waals surface area contributed by atoms with Crippen molar-refractivity contribution in [3.63, 3.8) is 0 Å². The molecule has 2 aromatic carbocycles. The van der Waals surface area contributed by atoms with E-state index in [1.165, 1.54) is 36.4 Å². The van der Waals surface area contributed by atoms with Crippen molar-refractivity contribution < 1.29 is 17.6 Å². The molecule has 0 aromatic heterocycles. The molecule has 0 saturated carbocycles. The number of nitrogens with one attached hydrogen (secondary N) is 1. The number of hydrogen-bond donors (Lipinski definition) is 1. The summed E-state index contributed by atoms with van der Waals surface area (Å²) in [6, 6.07) is 10.3. The molecule has 94 valence electrons. The van der Waals surface area contributed by atoms with E-state index >= 15 is 0 Å². The Morgan fingerprint density at radius 2 is 1.61 bits per heavy atom. The van der Waals surface area contributed by atoms with Gasteiger partial charge in [0.25, 0.3) is 0 Å². The number of benzene rings is 2. The molecule has 0 unspecified atom stereocenters. The molecule has 0 fully saturated rings. The van der Waals surface area contributed by atoms with Crippen LogP contribution in [0.25, 0.3) is 0 Å². The lowest BCUT2D eigenvalue weighted by Crippen LogP contribution is -2.08. The molecular formula is C13H9F4N. The summed E-state index contributed by atoms with van der Waals surface area (Å²) >= 11 is 0. The van der Waals surface area contributed by atoms with E-state index in [1.807, 2.05) is 0 Å². The Bertz CT molecular complexity index is 549. The molecule has 0 saturated heterocycles. The van der Waals surface area contributed by atoms with Crippen LogP contribution >= 0.6 is 0 Å². The summed E-state index contributed by atoms with van der Waals surface area (Å²) in [6.45, 7) is 0. The van der Waals surface area contributed by atoms with Gasteiger partial charge in [0.15, 0.2) is 0 Å². The second kappa shape index (κ2) is 4.68. The highest BCUT2D eigenvalue weighted by atomic mass is 19.4. The first-order valence-electron chi connectivity index (χ1n) is 5.15. The van der Waals surface area contributed by atoms with Crippen molar-refractivity contribution in [2.45, 2.75) is 6.18 Å². The second-order valence-electron chi connectivity index (χ2n) is 3.68. The van der Waals surface area contributed by atoms with E-state index in [4.69, 9.17) is 0 Å². The van der Waals surface area contributed by atoms with Gasteiger partial charge in [-0.3, -0.25) is 0 Å². The first-order chi connectivity index (χ1) is 8.47. The quantitative estimate of drug-likeness (QED) is 0.774. The maximum absolute atomic E-state index is 12.9. The molecule has 5 heteroatoms. The third-order valence-corrected chi connectivity index (χ3v) is 2.34. The molecular weight excluding hydrogens is 246 g/mol. The highest BCUT2D eigenvalue weighted by Gasteiger charge is 2.33. The summed E-state index contributed by atoms with van der Waals surface area (Å²) in [6.07, 6.45) is -4.45. The zero-order valence-electron chi connectivity index (χ0n) is 9.13. The van der Waals surface area contributed by atoms with Crippen molar-refractivity contribution >= 4 is 11.4 Å². The van der Waals surface area contributed by atoms with Gasteiger partial charge in [0.2, 0.25) is 0 Å². The average Bonchev–Trinajstić information content (AvgIpc) is 2.28. The van der Waals surface area contributed by atoms with Crippen LogP contribution in [0, 0.1) is 5.82 Å². The predicted molar refractivity (Wildman–Crippen MR) is 61.1 cm³/mol. The minimum atomic E-state index is -4.45. The van der Waals surface area contributed by atoms with Gasteiger partial charge in [0, 0.05) is 5.69 Å². The number of para-hydroxylation sites is 1. The topological polar surface area (TPSA) is 12.0 Å². The lowest BCUT2D eigenvalue weighted by molar-refractivity contribution is -0.136. The van der Waals surface area contributed by atoms with Crippen LogP contribution in [0.2, 0.25) is 0 Å². The standard InChI is InChI=1S/C13H9F4N/c14-9-4-3-5-10(8-9)18-12-7-2-1-6-11(12)13(15,16)17/h1-8,18H. The minimum Gasteiger partial charge on any atom is -0.355 e. The van der Waals surface area contributed by atoms with Crippen LogP contribution in [-0.2, 0) is 6.18 Å². The Balaban J connectivity index is 2.35. The van der Waals surface area contributed by atoms with Crippen molar-refractivity contribution in [1.29, 1.82) is 0 Å². The normalized spacial score (nSPS) is 11.3. The number of halogens is 4. The van der Waals surface area contributed by atoms with Crippen LogP contribution in [0.4, 0.5) is 28.9 Å². The molecule has 0 radical (unpaired) electrons. The first kappa shape index (κ1) is 12.4. The summed E-state index contributed by atoms with van der Waals surface area (Å²) in [4.78, 5) is 0. The van der Waals surface area contributed by atoms with Gasteiger partial charge >= 0.3 is 6.18 Å². The van der Waals surface area contributed by atoms with E-state index in [2.05, 4.69) is 5.32 Å². The van der Waals surface area contributed by atoms with E-state index < -0.39 is 17.6 Å². The zero-order valence-corrected chi connectivity index (χ0v) is 9.13. The molecule has 2 aromatic rings. The third kappa shape index (κ3) is 2.80. The van der Waals surface area contributed by atoms with Crippen molar-refractivity contribution in [3.05, 3.63) is 59.9 Å². The van der Waals surface area contributed by atoms with Crippen LogP contribution in [0.15, 0.2) is 48.5 Å². The highest BCUT2D eigenvalue weighted by Crippen LogP contribution is 2.35. The Labute approximate surface area is 101 Å². The minimum absolute atomic E-state index is 0.101. The molecule has 18 heavy (non-hydrogen) atoms. The number of rotatable bonds is 2. The van der Waals surface area contributed by atoms with Gasteiger partial charge in [-0.05, 0) is 30.3 Å². The molecule has 0 aliphatic heterocycles. The molecule has 0 heterocycles. The fourth-order valence-corrected chi connectivity index (χ4v) is 1.56. The van der Waals surface area contributed by atoms with Crippen LogP contribution in [0.5, 0.6) is 0 Å². The monoisotopic (exact) mass is 255 g/mol. The van der Waals surface area contributed by atoms with Crippen LogP contribution in [0.3, 0.4) is 0 Å². The molecule has 0 spiro atoms. The molecule has 1 nitrogen and oxygen atoms in total. The predicted octanol–water partition coefficient (Wildman–Crippen LogP) is 4.59. The van der Waals surface area contributed by atoms with Crippen LogP contribution < -0.4 is 5.32 Å². The fourth-order valence-electron chi connectivity index (χ4n) is 1.56. The fraction of sp³-hybridized carbons (Fsp3) is 0.0769. The van der Waals surface area contributed by atoms with Gasteiger partial charge in [-0.2, -0.15) is 13.2 Å². The van der Waals surface area contributed by atoms with E-state index in [9.17, 15) is 17.6 Å². The van der Waals surface area contributed by atoms with Crippen LogP contribution in [-0.4, -0.2) is 0 Å². The van der Waals surface area contributed by atoms with Gasteiger partial charge < -0.3 is 5.32 Å². The Morgan fingerprint density at radius 1 is 0.889 bits per heavy atom. The van der Waals surface area contributed by atoms with E-state index in [-0.39, 0.29) is 11.4 Å². The number of alkyl halides is 3. The van der Waals surface area contributed by atoms with E-state index in [1.54, 1.807) is 0 Å². The van der Waals surface area contributed by atoms with Crippen molar-refractivity contribution in [1.82, 2.24) is 0 Å². The zero-order chi connectivity index (χ0) is 13.2. The molecule has 0 bridgehead atoms. The van der Waals surface area contributed by atoms with Gasteiger partial charge in [-0.1, -0.05) is 18.2 Å². The second-order valence-corrected chi connectivity index (χ2v) is 3.68. The van der Waals surface area contributed by atoms with Crippen molar-refractivity contribution in [2.75, 3.05) is 5.32 Å². The third-order valence-electron chi connectivity index (χ3n) is 2.34. The molecule has 1 N–H and O–H groups in total. The summed E-state index contributed by atoms with van der Waals surface area (Å²) in [5.74, 6) is -0.510. The lowest BCUT2D eigenvalue weighted by Gasteiger charge is -2.14. The molecule has 0 atom stereocenters. The summed E-state index contributed by atoms with van der Waals surface area (Å²) in [7, 11) is 0. The van der Waals surface area contributed by atoms with Gasteiger partial charge in [-0.15, -0.1) is 0 Å².